The molecule has 1 fully saturated rings. The maximum atomic E-state index is 11.8. The largest absolute Gasteiger partial charge is 0.393 e. The Kier molecular flexibility index (Phi) is 3.86. The first-order chi connectivity index (χ1) is 8.04. The highest BCUT2D eigenvalue weighted by atomic mass is 35.5. The predicted octanol–water partition coefficient (Wildman–Crippen LogP) is 1.89. The molecule has 0 unspecified atom stereocenters. The van der Waals surface area contributed by atoms with Crippen molar-refractivity contribution in [1.29, 1.82) is 0 Å². The highest BCUT2D eigenvalue weighted by Crippen LogP contribution is 2.26. The Bertz CT molecular complexity index is 413. The minimum absolute atomic E-state index is 0.196. The van der Waals surface area contributed by atoms with Crippen LogP contribution >= 0.6 is 23.2 Å². The lowest BCUT2D eigenvalue weighted by Crippen LogP contribution is -2.38. The van der Waals surface area contributed by atoms with Gasteiger partial charge in [0, 0.05) is 12.1 Å². The van der Waals surface area contributed by atoms with Gasteiger partial charge in [-0.15, -0.1) is 0 Å². The summed E-state index contributed by atoms with van der Waals surface area (Å²) in [7, 11) is 0. The van der Waals surface area contributed by atoms with Crippen molar-refractivity contribution in [1.82, 2.24) is 10.3 Å². The number of pyridine rings is 1. The van der Waals surface area contributed by atoms with E-state index in [1.54, 1.807) is 0 Å². The van der Waals surface area contributed by atoms with Gasteiger partial charge in [-0.2, -0.15) is 0 Å². The van der Waals surface area contributed by atoms with E-state index in [1.165, 1.54) is 12.1 Å². The van der Waals surface area contributed by atoms with Crippen molar-refractivity contribution in [3.05, 3.63) is 28.0 Å². The van der Waals surface area contributed by atoms with Crippen LogP contribution in [-0.2, 0) is 0 Å². The molecule has 0 bridgehead atoms. The lowest BCUT2D eigenvalue weighted by molar-refractivity contribution is 0.0420. The number of nitrogens with zero attached hydrogens (tertiary/aromatic N) is 1. The van der Waals surface area contributed by atoms with E-state index < -0.39 is 0 Å². The SMILES string of the molecule is O=C(NCC1CC(O)C1)c1cc(Cl)nc(Cl)c1. The Balaban J connectivity index is 1.90. The lowest BCUT2D eigenvalue weighted by atomic mass is 9.82. The molecule has 1 saturated carbocycles. The minimum atomic E-state index is -0.224. The molecule has 2 rings (SSSR count). The summed E-state index contributed by atoms with van der Waals surface area (Å²) < 4.78 is 0. The molecule has 17 heavy (non-hydrogen) atoms. The van der Waals surface area contributed by atoms with Crippen LogP contribution in [0.3, 0.4) is 0 Å². The number of hydrogen-bond acceptors (Lipinski definition) is 3. The topological polar surface area (TPSA) is 62.2 Å². The fourth-order valence-electron chi connectivity index (χ4n) is 1.80. The molecular formula is C11H12Cl2N2O2. The van der Waals surface area contributed by atoms with E-state index in [2.05, 4.69) is 10.3 Å². The number of hydrogen-bond donors (Lipinski definition) is 2. The second-order valence-electron chi connectivity index (χ2n) is 4.20. The van der Waals surface area contributed by atoms with Gasteiger partial charge in [0.05, 0.1) is 6.10 Å². The monoisotopic (exact) mass is 274 g/mol. The maximum absolute atomic E-state index is 11.8. The molecule has 1 aromatic heterocycles. The van der Waals surface area contributed by atoms with E-state index in [-0.39, 0.29) is 22.3 Å². The standard InChI is InChI=1S/C11H12Cl2N2O2/c12-9-3-7(4-10(13)15-9)11(17)14-5-6-1-8(16)2-6/h3-4,6,8,16H,1-2,5H2,(H,14,17). The highest BCUT2D eigenvalue weighted by Gasteiger charge is 2.27. The first-order valence-corrected chi connectivity index (χ1v) is 6.09. The van der Waals surface area contributed by atoms with Gasteiger partial charge < -0.3 is 10.4 Å². The van der Waals surface area contributed by atoms with Gasteiger partial charge in [-0.3, -0.25) is 4.79 Å². The van der Waals surface area contributed by atoms with E-state index in [4.69, 9.17) is 28.3 Å². The van der Waals surface area contributed by atoms with Crippen molar-refractivity contribution in [2.75, 3.05) is 6.54 Å². The Morgan fingerprint density at radius 3 is 2.53 bits per heavy atom. The highest BCUT2D eigenvalue weighted by molar-refractivity contribution is 6.33. The van der Waals surface area contributed by atoms with Gasteiger partial charge in [0.15, 0.2) is 0 Å². The van der Waals surface area contributed by atoms with E-state index in [1.807, 2.05) is 0 Å². The molecule has 0 aromatic carbocycles. The first kappa shape index (κ1) is 12.6. The third-order valence-corrected chi connectivity index (χ3v) is 3.17. The van der Waals surface area contributed by atoms with Crippen molar-refractivity contribution in [2.24, 2.45) is 5.92 Å². The Morgan fingerprint density at radius 2 is 2.00 bits per heavy atom. The van der Waals surface area contributed by atoms with E-state index >= 15 is 0 Å². The van der Waals surface area contributed by atoms with Crippen LogP contribution in [-0.4, -0.2) is 28.6 Å². The summed E-state index contributed by atoms with van der Waals surface area (Å²) in [5.41, 5.74) is 0.398. The average molecular weight is 275 g/mol. The van der Waals surface area contributed by atoms with E-state index in [0.29, 0.717) is 18.0 Å². The molecule has 6 heteroatoms. The molecule has 0 saturated heterocycles. The molecule has 0 radical (unpaired) electrons. The van der Waals surface area contributed by atoms with Gasteiger partial charge in [-0.1, -0.05) is 23.2 Å². The predicted molar refractivity (Wildman–Crippen MR) is 65.3 cm³/mol. The molecule has 0 spiro atoms. The molecular weight excluding hydrogens is 263 g/mol. The van der Waals surface area contributed by atoms with Crippen LogP contribution in [0, 0.1) is 5.92 Å². The molecule has 1 aliphatic rings. The molecule has 4 nitrogen and oxygen atoms in total. The molecule has 2 N–H and O–H groups in total. The van der Waals surface area contributed by atoms with E-state index in [0.717, 1.165) is 12.8 Å². The lowest BCUT2D eigenvalue weighted by Gasteiger charge is -2.31. The number of carbonyl (C=O) groups is 1. The molecule has 92 valence electrons. The fraction of sp³-hybridized carbons (Fsp3) is 0.455. The second kappa shape index (κ2) is 5.21. The number of carbonyl (C=O) groups excluding carboxylic acids is 1. The molecule has 1 aromatic rings. The second-order valence-corrected chi connectivity index (χ2v) is 4.98. The van der Waals surface area contributed by atoms with Gasteiger partial charge in [-0.05, 0) is 30.9 Å². The van der Waals surface area contributed by atoms with Crippen molar-refractivity contribution in [3.8, 4) is 0 Å². The van der Waals surface area contributed by atoms with Gasteiger partial charge in [0.1, 0.15) is 10.3 Å². The zero-order valence-electron chi connectivity index (χ0n) is 8.99. The van der Waals surface area contributed by atoms with Gasteiger partial charge in [0.25, 0.3) is 5.91 Å². The number of halogens is 2. The number of amides is 1. The zero-order chi connectivity index (χ0) is 12.4. The van der Waals surface area contributed by atoms with Crippen LogP contribution in [0.4, 0.5) is 0 Å². The molecule has 0 atom stereocenters. The van der Waals surface area contributed by atoms with Crippen molar-refractivity contribution >= 4 is 29.1 Å². The zero-order valence-corrected chi connectivity index (χ0v) is 10.5. The molecule has 1 heterocycles. The number of aromatic nitrogens is 1. The summed E-state index contributed by atoms with van der Waals surface area (Å²) in [6.07, 6.45) is 1.29. The Morgan fingerprint density at radius 1 is 1.41 bits per heavy atom. The quantitative estimate of drug-likeness (QED) is 0.828. The van der Waals surface area contributed by atoms with E-state index in [9.17, 15) is 4.79 Å². The van der Waals surface area contributed by atoms with Gasteiger partial charge in [-0.25, -0.2) is 4.98 Å². The summed E-state index contributed by atoms with van der Waals surface area (Å²) in [4.78, 5) is 15.5. The Hall–Kier alpha value is -0.840. The Labute approximate surface area is 109 Å². The van der Waals surface area contributed by atoms with Gasteiger partial charge in [0.2, 0.25) is 0 Å². The van der Waals surface area contributed by atoms with Crippen molar-refractivity contribution < 1.29 is 9.90 Å². The molecule has 1 aliphatic carbocycles. The number of rotatable bonds is 3. The molecule has 1 amide bonds. The number of aliphatic hydroxyl groups is 1. The summed E-state index contributed by atoms with van der Waals surface area (Å²) in [6, 6.07) is 2.94. The number of nitrogens with one attached hydrogen (secondary N) is 1. The number of aliphatic hydroxyl groups excluding tert-OH is 1. The van der Waals surface area contributed by atoms with Crippen LogP contribution in [0.5, 0.6) is 0 Å². The smallest absolute Gasteiger partial charge is 0.251 e. The molecule has 0 aliphatic heterocycles. The third kappa shape index (κ3) is 3.31. The van der Waals surface area contributed by atoms with Crippen LogP contribution in [0.2, 0.25) is 10.3 Å². The fourth-order valence-corrected chi connectivity index (χ4v) is 2.26. The van der Waals surface area contributed by atoms with Crippen LogP contribution in [0.1, 0.15) is 23.2 Å². The van der Waals surface area contributed by atoms with Crippen molar-refractivity contribution in [3.63, 3.8) is 0 Å². The minimum Gasteiger partial charge on any atom is -0.393 e. The van der Waals surface area contributed by atoms with Crippen molar-refractivity contribution in [2.45, 2.75) is 18.9 Å². The normalized spacial score (nSPS) is 23.0. The first-order valence-electron chi connectivity index (χ1n) is 5.34. The maximum Gasteiger partial charge on any atom is 0.251 e. The third-order valence-electron chi connectivity index (χ3n) is 2.79. The summed E-state index contributed by atoms with van der Waals surface area (Å²) >= 11 is 11.4. The summed E-state index contributed by atoms with van der Waals surface area (Å²) in [5, 5.41) is 12.3. The average Bonchev–Trinajstić information content (AvgIpc) is 2.21. The van der Waals surface area contributed by atoms with Crippen LogP contribution in [0.25, 0.3) is 0 Å². The van der Waals surface area contributed by atoms with Crippen LogP contribution in [0.15, 0.2) is 12.1 Å². The summed E-state index contributed by atoms with van der Waals surface area (Å²) in [5.74, 6) is 0.138. The van der Waals surface area contributed by atoms with Gasteiger partial charge >= 0.3 is 0 Å². The summed E-state index contributed by atoms with van der Waals surface area (Å²) in [6.45, 7) is 0.563. The van der Waals surface area contributed by atoms with Crippen LogP contribution < -0.4 is 5.32 Å².